The monoisotopic (exact) mass is 375 g/mol. The van der Waals surface area contributed by atoms with Crippen molar-refractivity contribution in [2.24, 2.45) is 0 Å². The van der Waals surface area contributed by atoms with Gasteiger partial charge in [-0.1, -0.05) is 0 Å². The number of aryl methyl sites for hydroxylation is 1. The third-order valence-corrected chi connectivity index (χ3v) is 3.35. The fourth-order valence-corrected chi connectivity index (χ4v) is 2.17. The minimum absolute atomic E-state index is 0.157. The van der Waals surface area contributed by atoms with E-state index < -0.39 is 11.7 Å². The third-order valence-electron chi connectivity index (χ3n) is 2.31. The molecule has 1 aromatic heterocycles. The summed E-state index contributed by atoms with van der Waals surface area (Å²) < 4.78 is 19.3. The first-order valence-electron chi connectivity index (χ1n) is 4.99. The van der Waals surface area contributed by atoms with E-state index in [-0.39, 0.29) is 5.76 Å². The van der Waals surface area contributed by atoms with Gasteiger partial charge in [-0.3, -0.25) is 4.79 Å². The molecule has 2 rings (SSSR count). The third kappa shape index (κ3) is 2.81. The van der Waals surface area contributed by atoms with Gasteiger partial charge in [0.2, 0.25) is 0 Å². The van der Waals surface area contributed by atoms with Gasteiger partial charge in [0.05, 0.1) is 4.47 Å². The van der Waals surface area contributed by atoms with Crippen LogP contribution >= 0.6 is 31.9 Å². The SMILES string of the molecule is Cc1cc(Br)c(F)cc1NC(=O)c1ccc(Br)o1. The molecule has 0 atom stereocenters. The Morgan fingerprint density at radius 2 is 2.06 bits per heavy atom. The second-order valence-corrected chi connectivity index (χ2v) is 5.28. The molecule has 1 aromatic carbocycles. The Balaban J connectivity index is 2.24. The second kappa shape index (κ2) is 5.24. The summed E-state index contributed by atoms with van der Waals surface area (Å²) in [5, 5.41) is 2.59. The van der Waals surface area contributed by atoms with Gasteiger partial charge in [-0.15, -0.1) is 0 Å². The molecule has 0 unspecified atom stereocenters. The number of benzene rings is 1. The Bertz CT molecular complexity index is 610. The van der Waals surface area contributed by atoms with Crippen LogP contribution in [0.15, 0.2) is 37.8 Å². The maximum absolute atomic E-state index is 13.4. The van der Waals surface area contributed by atoms with Crippen LogP contribution in [-0.2, 0) is 0 Å². The summed E-state index contributed by atoms with van der Waals surface area (Å²) in [4.78, 5) is 11.8. The number of amides is 1. The largest absolute Gasteiger partial charge is 0.444 e. The van der Waals surface area contributed by atoms with Crippen LogP contribution < -0.4 is 5.32 Å². The molecule has 1 amide bonds. The zero-order valence-corrected chi connectivity index (χ0v) is 12.4. The van der Waals surface area contributed by atoms with Crippen molar-refractivity contribution >= 4 is 43.5 Å². The van der Waals surface area contributed by atoms with Gasteiger partial charge in [0, 0.05) is 5.69 Å². The number of carbonyl (C=O) groups is 1. The topological polar surface area (TPSA) is 42.2 Å². The Labute approximate surface area is 120 Å². The normalized spacial score (nSPS) is 10.4. The molecule has 94 valence electrons. The van der Waals surface area contributed by atoms with Crippen LogP contribution in [0.3, 0.4) is 0 Å². The molecule has 6 heteroatoms. The van der Waals surface area contributed by atoms with E-state index in [2.05, 4.69) is 37.2 Å². The van der Waals surface area contributed by atoms with E-state index in [1.807, 2.05) is 0 Å². The zero-order valence-electron chi connectivity index (χ0n) is 9.26. The molecule has 3 nitrogen and oxygen atoms in total. The summed E-state index contributed by atoms with van der Waals surface area (Å²) in [5.74, 6) is -0.702. The average Bonchev–Trinajstić information content (AvgIpc) is 2.73. The Morgan fingerprint density at radius 1 is 1.33 bits per heavy atom. The Kier molecular flexibility index (Phi) is 3.87. The quantitative estimate of drug-likeness (QED) is 0.838. The number of carbonyl (C=O) groups excluding carboxylic acids is 1. The molecule has 0 aliphatic carbocycles. The minimum atomic E-state index is -0.434. The highest BCUT2D eigenvalue weighted by molar-refractivity contribution is 9.10. The van der Waals surface area contributed by atoms with E-state index >= 15 is 0 Å². The molecule has 1 heterocycles. The molecular formula is C12H8Br2FNO2. The van der Waals surface area contributed by atoms with Crippen molar-refractivity contribution in [3.8, 4) is 0 Å². The van der Waals surface area contributed by atoms with E-state index in [9.17, 15) is 9.18 Å². The van der Waals surface area contributed by atoms with Crippen LogP contribution in [0.1, 0.15) is 16.1 Å². The average molecular weight is 377 g/mol. The number of nitrogens with one attached hydrogen (secondary N) is 1. The summed E-state index contributed by atoms with van der Waals surface area (Å²) in [6.07, 6.45) is 0. The Morgan fingerprint density at radius 3 is 2.67 bits per heavy atom. The van der Waals surface area contributed by atoms with Crippen LogP contribution in [-0.4, -0.2) is 5.91 Å². The smallest absolute Gasteiger partial charge is 0.291 e. The predicted molar refractivity (Wildman–Crippen MR) is 73.2 cm³/mol. The highest BCUT2D eigenvalue weighted by Gasteiger charge is 2.13. The van der Waals surface area contributed by atoms with E-state index in [1.165, 1.54) is 12.1 Å². The van der Waals surface area contributed by atoms with Crippen LogP contribution in [0.2, 0.25) is 0 Å². The van der Waals surface area contributed by atoms with Crippen molar-refractivity contribution in [1.29, 1.82) is 0 Å². The summed E-state index contributed by atoms with van der Waals surface area (Å²) in [6.45, 7) is 1.78. The van der Waals surface area contributed by atoms with Crippen LogP contribution in [0.4, 0.5) is 10.1 Å². The van der Waals surface area contributed by atoms with Crippen molar-refractivity contribution in [3.05, 3.63) is 50.5 Å². The maximum atomic E-state index is 13.4. The number of halogens is 3. The number of furan rings is 1. The molecule has 2 aromatic rings. The molecule has 0 aliphatic rings. The van der Waals surface area contributed by atoms with Crippen molar-refractivity contribution in [2.45, 2.75) is 6.92 Å². The molecule has 0 radical (unpaired) electrons. The number of anilines is 1. The fraction of sp³-hybridized carbons (Fsp3) is 0.0833. The van der Waals surface area contributed by atoms with Crippen LogP contribution in [0.5, 0.6) is 0 Å². The van der Waals surface area contributed by atoms with E-state index in [0.717, 1.165) is 5.56 Å². The first kappa shape index (κ1) is 13.3. The lowest BCUT2D eigenvalue weighted by atomic mass is 10.2. The van der Waals surface area contributed by atoms with Crippen molar-refractivity contribution < 1.29 is 13.6 Å². The van der Waals surface area contributed by atoms with Gasteiger partial charge >= 0.3 is 0 Å². The predicted octanol–water partition coefficient (Wildman–Crippen LogP) is 4.50. The lowest BCUT2D eigenvalue weighted by Gasteiger charge is -2.08. The van der Waals surface area contributed by atoms with Gasteiger partial charge in [-0.2, -0.15) is 0 Å². The second-order valence-electron chi connectivity index (χ2n) is 3.64. The van der Waals surface area contributed by atoms with Crippen molar-refractivity contribution in [3.63, 3.8) is 0 Å². The molecule has 0 spiro atoms. The maximum Gasteiger partial charge on any atom is 0.291 e. The number of hydrogen-bond acceptors (Lipinski definition) is 2. The fourth-order valence-electron chi connectivity index (χ4n) is 1.40. The number of rotatable bonds is 2. The minimum Gasteiger partial charge on any atom is -0.444 e. The van der Waals surface area contributed by atoms with Crippen LogP contribution in [0.25, 0.3) is 0 Å². The zero-order chi connectivity index (χ0) is 13.3. The van der Waals surface area contributed by atoms with Gasteiger partial charge in [0.15, 0.2) is 10.4 Å². The summed E-state index contributed by atoms with van der Waals surface area (Å²) in [7, 11) is 0. The summed E-state index contributed by atoms with van der Waals surface area (Å²) >= 11 is 6.19. The summed E-state index contributed by atoms with van der Waals surface area (Å²) in [5.41, 5.74) is 1.16. The summed E-state index contributed by atoms with van der Waals surface area (Å²) in [6, 6.07) is 6.01. The molecule has 0 fully saturated rings. The van der Waals surface area contributed by atoms with Gasteiger partial charge in [-0.25, -0.2) is 4.39 Å². The molecule has 1 N–H and O–H groups in total. The standard InChI is InChI=1S/C12H8Br2FNO2/c1-6-4-7(13)8(15)5-9(6)16-12(17)10-2-3-11(14)18-10/h2-5H,1H3,(H,16,17). The first-order chi connectivity index (χ1) is 8.47. The lowest BCUT2D eigenvalue weighted by molar-refractivity contribution is 0.0995. The molecule has 0 bridgehead atoms. The first-order valence-corrected chi connectivity index (χ1v) is 6.58. The van der Waals surface area contributed by atoms with Crippen molar-refractivity contribution in [1.82, 2.24) is 0 Å². The van der Waals surface area contributed by atoms with E-state index in [0.29, 0.717) is 14.8 Å². The van der Waals surface area contributed by atoms with Gasteiger partial charge in [0.25, 0.3) is 5.91 Å². The highest BCUT2D eigenvalue weighted by Crippen LogP contribution is 2.24. The highest BCUT2D eigenvalue weighted by atomic mass is 79.9. The molecule has 0 saturated carbocycles. The lowest BCUT2D eigenvalue weighted by Crippen LogP contribution is -2.12. The number of hydrogen-bond donors (Lipinski definition) is 1. The van der Waals surface area contributed by atoms with Crippen LogP contribution in [0, 0.1) is 12.7 Å². The molecular weight excluding hydrogens is 369 g/mol. The molecule has 0 saturated heterocycles. The van der Waals surface area contributed by atoms with Gasteiger partial charge in [-0.05, 0) is 68.6 Å². The molecule has 18 heavy (non-hydrogen) atoms. The van der Waals surface area contributed by atoms with Gasteiger partial charge < -0.3 is 9.73 Å². The van der Waals surface area contributed by atoms with E-state index in [4.69, 9.17) is 4.42 Å². The van der Waals surface area contributed by atoms with Gasteiger partial charge in [0.1, 0.15) is 5.82 Å². The Hall–Kier alpha value is -1.14. The molecule has 0 aliphatic heterocycles. The van der Waals surface area contributed by atoms with Crippen molar-refractivity contribution in [2.75, 3.05) is 5.32 Å². The van der Waals surface area contributed by atoms with E-state index in [1.54, 1.807) is 19.1 Å².